The number of amides is 3. The van der Waals surface area contributed by atoms with E-state index < -0.39 is 17.1 Å². The van der Waals surface area contributed by atoms with Crippen molar-refractivity contribution in [2.45, 2.75) is 26.4 Å². The van der Waals surface area contributed by atoms with E-state index in [1.807, 2.05) is 66.7 Å². The van der Waals surface area contributed by atoms with Crippen LogP contribution in [0.1, 0.15) is 36.5 Å². The number of hydrogen-bond acceptors (Lipinski definition) is 5. The van der Waals surface area contributed by atoms with Crippen LogP contribution in [0.5, 0.6) is 5.75 Å². The first-order valence-electron chi connectivity index (χ1n) is 11.4. The molecule has 1 heterocycles. The topological polar surface area (TPSA) is 75.7 Å². The summed E-state index contributed by atoms with van der Waals surface area (Å²) in [7, 11) is 0. The minimum absolute atomic E-state index is 0.263. The zero-order chi connectivity index (χ0) is 25.7. The SMILES string of the molecule is CC(C)c1ccc(NC(=O)CN2C(=O)S/C(=C/c3ccc(OCc4ccccc4)c(Br)c3)C2=O)cc1. The molecule has 1 N–H and O–H groups in total. The summed E-state index contributed by atoms with van der Waals surface area (Å²) >= 11 is 4.33. The summed E-state index contributed by atoms with van der Waals surface area (Å²) in [5.74, 6) is 0.131. The van der Waals surface area contributed by atoms with Gasteiger partial charge in [-0.25, -0.2) is 0 Å². The summed E-state index contributed by atoms with van der Waals surface area (Å²) < 4.78 is 6.60. The molecule has 1 aliphatic heterocycles. The van der Waals surface area contributed by atoms with Gasteiger partial charge in [-0.1, -0.05) is 62.4 Å². The number of thioether (sulfide) groups is 1. The standard InChI is InChI=1S/C28H25BrN2O4S/c1-18(2)21-9-11-22(12-10-21)30-26(32)16-31-27(33)25(36-28(31)34)15-20-8-13-24(23(29)14-20)35-17-19-6-4-3-5-7-19/h3-15,18H,16-17H2,1-2H3,(H,30,32)/b25-15+. The van der Waals surface area contributed by atoms with Gasteiger partial charge in [0.1, 0.15) is 18.9 Å². The lowest BCUT2D eigenvalue weighted by atomic mass is 10.0. The molecule has 4 rings (SSSR count). The first-order chi connectivity index (χ1) is 17.3. The van der Waals surface area contributed by atoms with E-state index >= 15 is 0 Å². The second kappa shape index (κ2) is 11.6. The van der Waals surface area contributed by atoms with Crippen molar-refractivity contribution in [3.8, 4) is 5.75 Å². The van der Waals surface area contributed by atoms with Crippen molar-refractivity contribution in [2.24, 2.45) is 0 Å². The van der Waals surface area contributed by atoms with E-state index in [1.54, 1.807) is 12.1 Å². The number of carbonyl (C=O) groups excluding carboxylic acids is 3. The molecule has 8 heteroatoms. The van der Waals surface area contributed by atoms with E-state index in [0.717, 1.165) is 37.8 Å². The third kappa shape index (κ3) is 6.44. The van der Waals surface area contributed by atoms with E-state index in [-0.39, 0.29) is 11.4 Å². The summed E-state index contributed by atoms with van der Waals surface area (Å²) in [5.41, 5.74) is 3.56. The third-order valence-corrected chi connectivity index (χ3v) is 7.05. The van der Waals surface area contributed by atoms with Gasteiger partial charge >= 0.3 is 0 Å². The predicted molar refractivity (Wildman–Crippen MR) is 147 cm³/mol. The first-order valence-corrected chi connectivity index (χ1v) is 13.0. The number of carbonyl (C=O) groups is 3. The molecular weight excluding hydrogens is 540 g/mol. The van der Waals surface area contributed by atoms with E-state index in [0.29, 0.717) is 24.0 Å². The number of benzene rings is 3. The maximum Gasteiger partial charge on any atom is 0.294 e. The van der Waals surface area contributed by atoms with Crippen molar-refractivity contribution in [1.82, 2.24) is 4.90 Å². The van der Waals surface area contributed by atoms with E-state index in [4.69, 9.17) is 4.74 Å². The monoisotopic (exact) mass is 564 g/mol. The Morgan fingerprint density at radius 2 is 1.78 bits per heavy atom. The van der Waals surface area contributed by atoms with Crippen LogP contribution in [-0.4, -0.2) is 28.5 Å². The second-order valence-electron chi connectivity index (χ2n) is 8.56. The number of nitrogens with zero attached hydrogens (tertiary/aromatic N) is 1. The highest BCUT2D eigenvalue weighted by Crippen LogP contribution is 2.34. The minimum atomic E-state index is -0.490. The van der Waals surface area contributed by atoms with Crippen molar-refractivity contribution in [3.63, 3.8) is 0 Å². The molecule has 6 nitrogen and oxygen atoms in total. The highest BCUT2D eigenvalue weighted by Gasteiger charge is 2.36. The highest BCUT2D eigenvalue weighted by molar-refractivity contribution is 9.10. The molecule has 0 aromatic heterocycles. The fraction of sp³-hybridized carbons (Fsp3) is 0.179. The Hall–Kier alpha value is -3.36. The molecule has 36 heavy (non-hydrogen) atoms. The van der Waals surface area contributed by atoms with Crippen molar-refractivity contribution in [1.29, 1.82) is 0 Å². The molecule has 0 bridgehead atoms. The maximum atomic E-state index is 12.8. The normalized spacial score (nSPS) is 14.6. The summed E-state index contributed by atoms with van der Waals surface area (Å²) in [5, 5.41) is 2.27. The molecule has 1 fully saturated rings. The average molecular weight is 565 g/mol. The number of halogens is 1. The third-order valence-electron chi connectivity index (χ3n) is 5.53. The van der Waals surface area contributed by atoms with Gasteiger partial charge in [0.05, 0.1) is 9.38 Å². The van der Waals surface area contributed by atoms with Crippen molar-refractivity contribution < 1.29 is 19.1 Å². The maximum absolute atomic E-state index is 12.8. The zero-order valence-electron chi connectivity index (χ0n) is 19.9. The molecule has 0 aliphatic carbocycles. The van der Waals surface area contributed by atoms with Gasteiger partial charge in [-0.15, -0.1) is 0 Å². The lowest BCUT2D eigenvalue weighted by Crippen LogP contribution is -2.36. The highest BCUT2D eigenvalue weighted by atomic mass is 79.9. The smallest absolute Gasteiger partial charge is 0.294 e. The number of ether oxygens (including phenoxy) is 1. The Balaban J connectivity index is 1.37. The summed E-state index contributed by atoms with van der Waals surface area (Å²) in [6.07, 6.45) is 1.64. The minimum Gasteiger partial charge on any atom is -0.488 e. The largest absolute Gasteiger partial charge is 0.488 e. The van der Waals surface area contributed by atoms with Gasteiger partial charge in [-0.05, 0) is 80.6 Å². The van der Waals surface area contributed by atoms with Crippen molar-refractivity contribution in [3.05, 3.63) is 98.9 Å². The van der Waals surface area contributed by atoms with Crippen LogP contribution < -0.4 is 10.1 Å². The molecular formula is C28H25BrN2O4S. The fourth-order valence-electron chi connectivity index (χ4n) is 3.54. The molecule has 0 saturated carbocycles. The molecule has 3 aromatic rings. The van der Waals surface area contributed by atoms with Gasteiger partial charge in [0.2, 0.25) is 5.91 Å². The molecule has 3 amide bonds. The molecule has 1 aliphatic rings. The van der Waals surface area contributed by atoms with Crippen LogP contribution in [-0.2, 0) is 16.2 Å². The van der Waals surface area contributed by atoms with Gasteiger partial charge in [0, 0.05) is 5.69 Å². The van der Waals surface area contributed by atoms with E-state index in [2.05, 4.69) is 35.1 Å². The average Bonchev–Trinajstić information content (AvgIpc) is 3.11. The summed E-state index contributed by atoms with van der Waals surface area (Å²) in [6.45, 7) is 4.27. The predicted octanol–water partition coefficient (Wildman–Crippen LogP) is 6.83. The van der Waals surface area contributed by atoms with Crippen LogP contribution in [0.4, 0.5) is 10.5 Å². The first kappa shape index (κ1) is 25.7. The molecule has 0 atom stereocenters. The Kier molecular flexibility index (Phi) is 8.28. The van der Waals surface area contributed by atoms with Gasteiger partial charge < -0.3 is 10.1 Å². The van der Waals surface area contributed by atoms with Crippen LogP contribution >= 0.6 is 27.7 Å². The molecule has 3 aromatic carbocycles. The van der Waals surface area contributed by atoms with Gasteiger partial charge in [0.15, 0.2) is 0 Å². The lowest BCUT2D eigenvalue weighted by molar-refractivity contribution is -0.127. The lowest BCUT2D eigenvalue weighted by Gasteiger charge is -2.13. The molecule has 0 unspecified atom stereocenters. The number of hydrogen-bond donors (Lipinski definition) is 1. The van der Waals surface area contributed by atoms with E-state index in [9.17, 15) is 14.4 Å². The van der Waals surface area contributed by atoms with Gasteiger partial charge in [0.25, 0.3) is 11.1 Å². The Morgan fingerprint density at radius 1 is 1.06 bits per heavy atom. The number of rotatable bonds is 8. The number of nitrogens with one attached hydrogen (secondary N) is 1. The molecule has 1 saturated heterocycles. The summed E-state index contributed by atoms with van der Waals surface area (Å²) in [4.78, 5) is 39.0. The van der Waals surface area contributed by atoms with Crippen LogP contribution in [0.25, 0.3) is 6.08 Å². The molecule has 184 valence electrons. The van der Waals surface area contributed by atoms with Crippen molar-refractivity contribution >= 4 is 56.5 Å². The van der Waals surface area contributed by atoms with Crippen LogP contribution in [0.15, 0.2) is 82.2 Å². The second-order valence-corrected chi connectivity index (χ2v) is 10.4. The van der Waals surface area contributed by atoms with E-state index in [1.165, 1.54) is 0 Å². The van der Waals surface area contributed by atoms with Gasteiger partial charge in [-0.2, -0.15) is 0 Å². The van der Waals surface area contributed by atoms with Crippen LogP contribution in [0.3, 0.4) is 0 Å². The molecule has 0 radical (unpaired) electrons. The number of imide groups is 1. The molecule has 0 spiro atoms. The fourth-order valence-corrected chi connectivity index (χ4v) is 4.89. The number of anilines is 1. The van der Waals surface area contributed by atoms with Crippen LogP contribution in [0, 0.1) is 0 Å². The van der Waals surface area contributed by atoms with Crippen LogP contribution in [0.2, 0.25) is 0 Å². The Morgan fingerprint density at radius 3 is 2.44 bits per heavy atom. The zero-order valence-corrected chi connectivity index (χ0v) is 22.3. The Bertz CT molecular complexity index is 1310. The summed E-state index contributed by atoms with van der Waals surface area (Å²) in [6, 6.07) is 22.8. The Labute approximate surface area is 222 Å². The van der Waals surface area contributed by atoms with Crippen molar-refractivity contribution in [2.75, 3.05) is 11.9 Å². The quantitative estimate of drug-likeness (QED) is 0.303. The van der Waals surface area contributed by atoms with Gasteiger partial charge in [-0.3, -0.25) is 19.3 Å².